The Morgan fingerprint density at radius 3 is 2.55 bits per heavy atom. The molecule has 3 atom stereocenters. The van der Waals surface area contributed by atoms with Gasteiger partial charge in [0.15, 0.2) is 0 Å². The van der Waals surface area contributed by atoms with Crippen molar-refractivity contribution in [3.63, 3.8) is 0 Å². The van der Waals surface area contributed by atoms with Gasteiger partial charge in [-0.1, -0.05) is 12.2 Å². The van der Waals surface area contributed by atoms with E-state index in [0.717, 1.165) is 12.3 Å². The molecule has 2 N–H and O–H groups in total. The summed E-state index contributed by atoms with van der Waals surface area (Å²) in [7, 11) is 0. The first-order valence-corrected chi connectivity index (χ1v) is 7.74. The van der Waals surface area contributed by atoms with Gasteiger partial charge in [0.1, 0.15) is 17.1 Å². The van der Waals surface area contributed by atoms with E-state index in [2.05, 4.69) is 22.8 Å². The molecule has 1 aromatic heterocycles. The summed E-state index contributed by atoms with van der Waals surface area (Å²) in [4.78, 5) is 23.5. The molecule has 0 unspecified atom stereocenters. The van der Waals surface area contributed by atoms with Crippen LogP contribution in [0.2, 0.25) is 0 Å². The van der Waals surface area contributed by atoms with Crippen molar-refractivity contribution in [2.24, 2.45) is 17.8 Å². The lowest BCUT2D eigenvalue weighted by atomic mass is 9.93. The minimum Gasteiger partial charge on any atom is -0.467 e. The molecule has 0 saturated heterocycles. The second kappa shape index (κ2) is 5.16. The number of hydrogen-bond donors (Lipinski definition) is 2. The molecular formula is C17H18N2O3. The van der Waals surface area contributed by atoms with Crippen LogP contribution in [0.15, 0.2) is 44.6 Å². The fraction of sp³-hybridized carbons (Fsp3) is 0.412. The Balaban J connectivity index is 1.39. The summed E-state index contributed by atoms with van der Waals surface area (Å²) in [6, 6.07) is 3.62. The number of nitrogens with one attached hydrogen (secondary N) is 2. The van der Waals surface area contributed by atoms with Crippen LogP contribution in [0.5, 0.6) is 0 Å². The van der Waals surface area contributed by atoms with E-state index in [1.165, 1.54) is 12.8 Å². The molecule has 0 aliphatic heterocycles. The van der Waals surface area contributed by atoms with Gasteiger partial charge in [0, 0.05) is 6.54 Å². The van der Waals surface area contributed by atoms with Crippen LogP contribution in [0.1, 0.15) is 18.6 Å². The number of rotatable bonds is 6. The molecule has 114 valence electrons. The Morgan fingerprint density at radius 1 is 1.09 bits per heavy atom. The Morgan fingerprint density at radius 2 is 1.91 bits per heavy atom. The predicted octanol–water partition coefficient (Wildman–Crippen LogP) is 2.11. The molecule has 0 radical (unpaired) electrons. The quantitative estimate of drug-likeness (QED) is 0.631. The summed E-state index contributed by atoms with van der Waals surface area (Å²) in [6.45, 7) is 1.16. The van der Waals surface area contributed by atoms with Gasteiger partial charge in [-0.2, -0.15) is 0 Å². The van der Waals surface area contributed by atoms with Crippen LogP contribution in [-0.2, 0) is 6.54 Å². The van der Waals surface area contributed by atoms with Crippen molar-refractivity contribution in [1.82, 2.24) is 0 Å². The van der Waals surface area contributed by atoms with Gasteiger partial charge in [0.2, 0.25) is 0 Å². The van der Waals surface area contributed by atoms with Crippen molar-refractivity contribution in [1.29, 1.82) is 0 Å². The highest BCUT2D eigenvalue weighted by Gasteiger charge is 2.35. The fourth-order valence-corrected chi connectivity index (χ4v) is 3.68. The number of furan rings is 1. The molecule has 1 saturated carbocycles. The van der Waals surface area contributed by atoms with Gasteiger partial charge < -0.3 is 15.1 Å². The fourth-order valence-electron chi connectivity index (χ4n) is 3.68. The number of hydrogen-bond acceptors (Lipinski definition) is 5. The number of anilines is 2. The first kappa shape index (κ1) is 13.4. The normalized spacial score (nSPS) is 25.9. The van der Waals surface area contributed by atoms with Crippen LogP contribution in [0.25, 0.3) is 0 Å². The van der Waals surface area contributed by atoms with Crippen LogP contribution >= 0.6 is 0 Å². The van der Waals surface area contributed by atoms with E-state index < -0.39 is 10.9 Å². The van der Waals surface area contributed by atoms with Gasteiger partial charge in [0.25, 0.3) is 10.9 Å². The maximum Gasteiger partial charge on any atom is 0.253 e. The molecule has 0 amide bonds. The first-order chi connectivity index (χ1) is 10.7. The van der Waals surface area contributed by atoms with E-state index in [-0.39, 0.29) is 0 Å². The highest BCUT2D eigenvalue weighted by atomic mass is 16.3. The third-order valence-corrected chi connectivity index (χ3v) is 4.89. The topological polar surface area (TPSA) is 71.3 Å². The van der Waals surface area contributed by atoms with Crippen LogP contribution < -0.4 is 21.5 Å². The Bertz CT molecular complexity index is 768. The minimum absolute atomic E-state index is 0.389. The molecule has 5 nitrogen and oxygen atoms in total. The summed E-state index contributed by atoms with van der Waals surface area (Å²) >= 11 is 0. The predicted molar refractivity (Wildman–Crippen MR) is 84.7 cm³/mol. The average Bonchev–Trinajstić information content (AvgIpc) is 3.26. The van der Waals surface area contributed by atoms with Gasteiger partial charge in [0.05, 0.1) is 12.8 Å². The summed E-state index contributed by atoms with van der Waals surface area (Å²) in [5.41, 5.74) is -0.0362. The summed E-state index contributed by atoms with van der Waals surface area (Å²) in [5, 5.41) is 6.19. The van der Waals surface area contributed by atoms with Crippen molar-refractivity contribution in [2.45, 2.75) is 19.4 Å². The molecule has 4 rings (SSSR count). The lowest BCUT2D eigenvalue weighted by molar-refractivity contribution is 0.471. The largest absolute Gasteiger partial charge is 0.467 e. The molecule has 1 heterocycles. The van der Waals surface area contributed by atoms with E-state index in [1.807, 2.05) is 6.07 Å². The van der Waals surface area contributed by atoms with Crippen molar-refractivity contribution in [2.75, 3.05) is 17.2 Å². The molecule has 1 fully saturated rings. The average molecular weight is 298 g/mol. The van der Waals surface area contributed by atoms with Crippen LogP contribution in [0.4, 0.5) is 11.4 Å². The molecular weight excluding hydrogens is 280 g/mol. The number of allylic oxidation sites excluding steroid dienone is 2. The van der Waals surface area contributed by atoms with Gasteiger partial charge in [-0.3, -0.25) is 9.59 Å². The highest BCUT2D eigenvalue weighted by Crippen LogP contribution is 2.43. The molecule has 22 heavy (non-hydrogen) atoms. The second-order valence-corrected chi connectivity index (χ2v) is 6.26. The van der Waals surface area contributed by atoms with E-state index in [9.17, 15) is 9.59 Å². The zero-order valence-corrected chi connectivity index (χ0v) is 12.2. The van der Waals surface area contributed by atoms with E-state index >= 15 is 0 Å². The van der Waals surface area contributed by atoms with Gasteiger partial charge in [-0.25, -0.2) is 0 Å². The standard InChI is InChI=1S/C17H18N2O3/c20-16-14(18-8-12-7-10-3-4-11(12)6-10)15(17(16)21)19-9-13-2-1-5-22-13/h1-5,10-12,18-19H,6-9H2/t10-,11-,12-/m0/s1. The lowest BCUT2D eigenvalue weighted by Gasteiger charge is -2.21. The van der Waals surface area contributed by atoms with E-state index in [4.69, 9.17) is 4.42 Å². The third-order valence-electron chi connectivity index (χ3n) is 4.89. The monoisotopic (exact) mass is 298 g/mol. The van der Waals surface area contributed by atoms with Crippen molar-refractivity contribution in [3.8, 4) is 0 Å². The molecule has 2 aromatic rings. The Hall–Kier alpha value is -2.30. The third kappa shape index (κ3) is 2.17. The summed E-state index contributed by atoms with van der Waals surface area (Å²) < 4.78 is 5.22. The molecule has 2 bridgehead atoms. The molecule has 2 aliphatic carbocycles. The van der Waals surface area contributed by atoms with Crippen molar-refractivity contribution >= 4 is 11.4 Å². The highest BCUT2D eigenvalue weighted by molar-refractivity contribution is 5.73. The second-order valence-electron chi connectivity index (χ2n) is 6.26. The van der Waals surface area contributed by atoms with Crippen molar-refractivity contribution < 1.29 is 4.42 Å². The van der Waals surface area contributed by atoms with Crippen LogP contribution in [0, 0.1) is 17.8 Å². The first-order valence-electron chi connectivity index (χ1n) is 7.74. The zero-order valence-electron chi connectivity index (χ0n) is 12.2. The van der Waals surface area contributed by atoms with Gasteiger partial charge in [-0.15, -0.1) is 0 Å². The SMILES string of the molecule is O=c1c(NCc2ccco2)c(NC[C@@H]2C[C@H]3C=C[C@H]2C3)c1=O. The molecule has 5 heteroatoms. The van der Waals surface area contributed by atoms with Gasteiger partial charge in [-0.05, 0) is 42.7 Å². The van der Waals surface area contributed by atoms with Crippen LogP contribution in [-0.4, -0.2) is 6.54 Å². The molecule has 1 aromatic carbocycles. The summed E-state index contributed by atoms with van der Waals surface area (Å²) in [6.07, 6.45) is 8.59. The zero-order chi connectivity index (χ0) is 15.1. The molecule has 2 aliphatic rings. The molecule has 0 spiro atoms. The maximum atomic E-state index is 11.8. The minimum atomic E-state index is -0.443. The Kier molecular flexibility index (Phi) is 3.13. The van der Waals surface area contributed by atoms with Gasteiger partial charge >= 0.3 is 0 Å². The lowest BCUT2D eigenvalue weighted by Crippen LogP contribution is -2.38. The Labute approximate surface area is 127 Å². The summed E-state index contributed by atoms with van der Waals surface area (Å²) in [5.74, 6) is 2.64. The number of fused-ring (bicyclic) bond motifs is 2. The maximum absolute atomic E-state index is 11.8. The smallest absolute Gasteiger partial charge is 0.253 e. The van der Waals surface area contributed by atoms with Crippen molar-refractivity contribution in [3.05, 3.63) is 56.8 Å². The van der Waals surface area contributed by atoms with E-state index in [0.29, 0.717) is 35.7 Å². The van der Waals surface area contributed by atoms with E-state index in [1.54, 1.807) is 12.3 Å². The van der Waals surface area contributed by atoms with Crippen LogP contribution in [0.3, 0.4) is 0 Å².